The lowest BCUT2D eigenvalue weighted by atomic mass is 9.99. The molecule has 0 saturated heterocycles. The number of carbonyl (C=O) groups is 2. The summed E-state index contributed by atoms with van der Waals surface area (Å²) in [6.07, 6.45) is 2.70. The van der Waals surface area contributed by atoms with E-state index in [2.05, 4.69) is 0 Å². The van der Waals surface area contributed by atoms with Crippen LogP contribution in [0.25, 0.3) is 0 Å². The lowest BCUT2D eigenvalue weighted by molar-refractivity contribution is -0.120. The van der Waals surface area contributed by atoms with Crippen molar-refractivity contribution in [1.29, 1.82) is 0 Å². The van der Waals surface area contributed by atoms with Gasteiger partial charge in [-0.1, -0.05) is 6.92 Å². The van der Waals surface area contributed by atoms with Gasteiger partial charge < -0.3 is 0 Å². The largest absolute Gasteiger partial charge is 0.300 e. The molecule has 0 aromatic rings. The Kier molecular flexibility index (Phi) is 5.17. The van der Waals surface area contributed by atoms with Crippen molar-refractivity contribution in [3.63, 3.8) is 0 Å². The third-order valence-electron chi connectivity index (χ3n) is 1.74. The summed E-state index contributed by atoms with van der Waals surface area (Å²) in [6, 6.07) is 0. The molecule has 0 aromatic heterocycles. The van der Waals surface area contributed by atoms with Gasteiger partial charge in [-0.3, -0.25) is 14.4 Å². The van der Waals surface area contributed by atoms with Gasteiger partial charge in [-0.05, 0) is 13.3 Å². The van der Waals surface area contributed by atoms with E-state index >= 15 is 0 Å². The number of rotatable bonds is 6. The quantitative estimate of drug-likeness (QED) is 0.558. The van der Waals surface area contributed by atoms with Gasteiger partial charge in [0.05, 0.1) is 5.92 Å². The number of carbonyl (C=O) groups excluding carboxylic acids is 3. The molecule has 0 saturated carbocycles. The van der Waals surface area contributed by atoms with Crippen molar-refractivity contribution in [3.05, 3.63) is 0 Å². The monoisotopic (exact) mass is 169 g/mol. The van der Waals surface area contributed by atoms with Gasteiger partial charge in [0.25, 0.3) is 0 Å². The van der Waals surface area contributed by atoms with Crippen LogP contribution in [-0.2, 0) is 14.4 Å². The average molecular weight is 169 g/mol. The SMILES string of the molecule is CCC(=O)CCC([C]=O)C(C)=O. The first-order valence-electron chi connectivity index (χ1n) is 4.01. The maximum Gasteiger partial charge on any atom is 0.209 e. The van der Waals surface area contributed by atoms with Gasteiger partial charge in [0, 0.05) is 12.8 Å². The highest BCUT2D eigenvalue weighted by Gasteiger charge is 2.14. The highest BCUT2D eigenvalue weighted by molar-refractivity contribution is 5.92. The van der Waals surface area contributed by atoms with Crippen molar-refractivity contribution in [3.8, 4) is 0 Å². The van der Waals surface area contributed by atoms with Gasteiger partial charge >= 0.3 is 0 Å². The van der Waals surface area contributed by atoms with Crippen molar-refractivity contribution >= 4 is 17.9 Å². The van der Waals surface area contributed by atoms with Gasteiger partial charge in [-0.25, -0.2) is 0 Å². The topological polar surface area (TPSA) is 51.2 Å². The van der Waals surface area contributed by atoms with Crippen molar-refractivity contribution in [1.82, 2.24) is 0 Å². The molecule has 12 heavy (non-hydrogen) atoms. The standard InChI is InChI=1S/C9H13O3/c1-3-9(12)5-4-8(6-10)7(2)11/h8H,3-5H2,1-2H3. The fourth-order valence-corrected chi connectivity index (χ4v) is 0.827. The Morgan fingerprint density at radius 3 is 2.33 bits per heavy atom. The molecule has 0 rings (SSSR count). The summed E-state index contributed by atoms with van der Waals surface area (Å²) < 4.78 is 0. The zero-order chi connectivity index (χ0) is 9.56. The first kappa shape index (κ1) is 11.0. The molecule has 1 radical (unpaired) electrons. The number of hydrogen-bond acceptors (Lipinski definition) is 3. The predicted molar refractivity (Wildman–Crippen MR) is 44.4 cm³/mol. The van der Waals surface area contributed by atoms with E-state index in [0.29, 0.717) is 19.3 Å². The molecule has 67 valence electrons. The minimum atomic E-state index is -0.708. The maximum absolute atomic E-state index is 10.8. The lowest BCUT2D eigenvalue weighted by Crippen LogP contribution is -2.13. The van der Waals surface area contributed by atoms with E-state index in [-0.39, 0.29) is 11.6 Å². The summed E-state index contributed by atoms with van der Waals surface area (Å²) >= 11 is 0. The van der Waals surface area contributed by atoms with Gasteiger partial charge in [0.2, 0.25) is 6.29 Å². The predicted octanol–water partition coefficient (Wildman–Crippen LogP) is 1.06. The molecule has 0 aliphatic carbocycles. The minimum absolute atomic E-state index is 0.0801. The molecule has 0 aliphatic rings. The first-order valence-corrected chi connectivity index (χ1v) is 4.01. The van der Waals surface area contributed by atoms with E-state index in [1.54, 1.807) is 13.2 Å². The Labute approximate surface area is 72.1 Å². The van der Waals surface area contributed by atoms with Crippen LogP contribution in [0, 0.1) is 5.92 Å². The zero-order valence-corrected chi connectivity index (χ0v) is 7.42. The summed E-state index contributed by atoms with van der Waals surface area (Å²) in [4.78, 5) is 31.7. The fourth-order valence-electron chi connectivity index (χ4n) is 0.827. The van der Waals surface area contributed by atoms with Crippen molar-refractivity contribution < 1.29 is 14.4 Å². The summed E-state index contributed by atoms with van der Waals surface area (Å²) in [7, 11) is 0. The zero-order valence-electron chi connectivity index (χ0n) is 7.42. The lowest BCUT2D eigenvalue weighted by Gasteiger charge is -2.02. The van der Waals surface area contributed by atoms with Crippen LogP contribution in [-0.4, -0.2) is 17.9 Å². The Bertz CT molecular complexity index is 184. The van der Waals surface area contributed by atoms with E-state index < -0.39 is 5.92 Å². The molecule has 0 bridgehead atoms. The van der Waals surface area contributed by atoms with Crippen LogP contribution in [0.2, 0.25) is 0 Å². The number of ketones is 2. The third-order valence-corrected chi connectivity index (χ3v) is 1.74. The van der Waals surface area contributed by atoms with E-state index in [1.807, 2.05) is 0 Å². The fraction of sp³-hybridized carbons (Fsp3) is 0.667. The Morgan fingerprint density at radius 1 is 1.42 bits per heavy atom. The van der Waals surface area contributed by atoms with Crippen LogP contribution >= 0.6 is 0 Å². The third kappa shape index (κ3) is 4.01. The molecule has 0 N–H and O–H groups in total. The number of Topliss-reactive ketones (excluding diaryl/α,β-unsaturated/α-hetero) is 2. The van der Waals surface area contributed by atoms with E-state index in [1.165, 1.54) is 6.92 Å². The van der Waals surface area contributed by atoms with Gasteiger partial charge in [-0.2, -0.15) is 0 Å². The molecule has 3 nitrogen and oxygen atoms in total. The van der Waals surface area contributed by atoms with Crippen LogP contribution in [0.5, 0.6) is 0 Å². The van der Waals surface area contributed by atoms with Crippen molar-refractivity contribution in [2.75, 3.05) is 0 Å². The smallest absolute Gasteiger partial charge is 0.209 e. The van der Waals surface area contributed by atoms with Crippen LogP contribution in [0.1, 0.15) is 33.1 Å². The highest BCUT2D eigenvalue weighted by atomic mass is 16.1. The molecule has 0 fully saturated rings. The Hall–Kier alpha value is -0.990. The van der Waals surface area contributed by atoms with Gasteiger partial charge in [-0.15, -0.1) is 0 Å². The molecule has 3 heteroatoms. The van der Waals surface area contributed by atoms with Crippen molar-refractivity contribution in [2.24, 2.45) is 5.92 Å². The van der Waals surface area contributed by atoms with Gasteiger partial charge in [0.1, 0.15) is 11.6 Å². The molecule has 1 atom stereocenters. The molecular weight excluding hydrogens is 156 g/mol. The van der Waals surface area contributed by atoms with E-state index in [0.717, 1.165) is 0 Å². The molecule has 0 heterocycles. The number of hydrogen-bond donors (Lipinski definition) is 0. The summed E-state index contributed by atoms with van der Waals surface area (Å²) in [6.45, 7) is 3.10. The summed E-state index contributed by atoms with van der Waals surface area (Å²) in [5, 5.41) is 0. The van der Waals surface area contributed by atoms with E-state index in [4.69, 9.17) is 0 Å². The molecule has 0 aliphatic heterocycles. The van der Waals surface area contributed by atoms with E-state index in [9.17, 15) is 14.4 Å². The second-order valence-electron chi connectivity index (χ2n) is 2.71. The molecule has 1 unspecified atom stereocenters. The highest BCUT2D eigenvalue weighted by Crippen LogP contribution is 2.06. The Balaban J connectivity index is 3.80. The van der Waals surface area contributed by atoms with Gasteiger partial charge in [0.15, 0.2) is 0 Å². The minimum Gasteiger partial charge on any atom is -0.300 e. The molecule has 0 spiro atoms. The van der Waals surface area contributed by atoms with Crippen LogP contribution < -0.4 is 0 Å². The Morgan fingerprint density at radius 2 is 2.00 bits per heavy atom. The summed E-state index contributed by atoms with van der Waals surface area (Å²) in [5.41, 5.74) is 0. The van der Waals surface area contributed by atoms with Crippen LogP contribution in [0.15, 0.2) is 0 Å². The van der Waals surface area contributed by atoms with Crippen LogP contribution in [0.4, 0.5) is 0 Å². The van der Waals surface area contributed by atoms with Crippen molar-refractivity contribution in [2.45, 2.75) is 33.1 Å². The second-order valence-corrected chi connectivity index (χ2v) is 2.71. The maximum atomic E-state index is 10.8. The first-order chi connectivity index (χ1) is 5.61. The molecule has 0 aromatic carbocycles. The summed E-state index contributed by atoms with van der Waals surface area (Å²) in [5.74, 6) is -0.842. The average Bonchev–Trinajstić information content (AvgIpc) is 2.04. The second kappa shape index (κ2) is 5.63. The van der Waals surface area contributed by atoms with Crippen LogP contribution in [0.3, 0.4) is 0 Å². The molecular formula is C9H13O3. The molecule has 0 amide bonds. The normalized spacial score (nSPS) is 12.2.